The van der Waals surface area contributed by atoms with Crippen molar-refractivity contribution in [3.63, 3.8) is 0 Å². The number of ether oxygens (including phenoxy) is 1. The van der Waals surface area contributed by atoms with Gasteiger partial charge in [-0.15, -0.1) is 5.11 Å². The van der Waals surface area contributed by atoms with E-state index in [9.17, 15) is 9.90 Å². The summed E-state index contributed by atoms with van der Waals surface area (Å²) in [5, 5.41) is 27.2. The fourth-order valence-electron chi connectivity index (χ4n) is 3.84. The summed E-state index contributed by atoms with van der Waals surface area (Å²) in [7, 11) is 3.48. The molecule has 0 aromatic heterocycles. The second kappa shape index (κ2) is 10.1. The van der Waals surface area contributed by atoms with Crippen LogP contribution < -0.4 is 15.4 Å². The third-order valence-corrected chi connectivity index (χ3v) is 5.48. The molecule has 4 aromatic carbocycles. The van der Waals surface area contributed by atoms with Crippen molar-refractivity contribution < 1.29 is 14.6 Å². The molecular formula is C27H26N4O3. The molecule has 0 bridgehead atoms. The number of hydrogen-bond donors (Lipinski definition) is 3. The summed E-state index contributed by atoms with van der Waals surface area (Å²) in [6, 6.07) is 21.9. The van der Waals surface area contributed by atoms with Crippen LogP contribution in [0.1, 0.15) is 21.5 Å². The maximum Gasteiger partial charge on any atom is 0.255 e. The van der Waals surface area contributed by atoms with E-state index in [-0.39, 0.29) is 11.7 Å². The number of aromatic hydroxyl groups is 1. The Kier molecular flexibility index (Phi) is 6.85. The maximum atomic E-state index is 12.7. The second-order valence-electron chi connectivity index (χ2n) is 7.84. The standard InChI is InChI=1S/C27H26N4O3/c1-17-14-19-10-7-11-22(29-27(33)18-8-5-4-6-9-18)24(19)26(32)25(17)31-30-21-12-13-23(34-3)20(15-21)16-28-2/h4-15,28,32H,16H2,1-3H3,(H,29,33). The molecule has 3 N–H and O–H groups in total. The number of rotatable bonds is 7. The van der Waals surface area contributed by atoms with Gasteiger partial charge in [-0.05, 0) is 67.4 Å². The Morgan fingerprint density at radius 3 is 2.53 bits per heavy atom. The summed E-state index contributed by atoms with van der Waals surface area (Å²) < 4.78 is 5.39. The van der Waals surface area contributed by atoms with E-state index in [1.165, 1.54) is 0 Å². The number of fused-ring (bicyclic) bond motifs is 1. The van der Waals surface area contributed by atoms with Crippen molar-refractivity contribution in [1.29, 1.82) is 0 Å². The molecule has 4 aromatic rings. The molecule has 0 heterocycles. The average Bonchev–Trinajstić information content (AvgIpc) is 2.84. The minimum absolute atomic E-state index is 0.0355. The van der Waals surface area contributed by atoms with Crippen LogP contribution in [0.2, 0.25) is 0 Å². The highest BCUT2D eigenvalue weighted by atomic mass is 16.5. The number of nitrogens with zero attached hydrogens (tertiary/aromatic N) is 2. The summed E-state index contributed by atoms with van der Waals surface area (Å²) >= 11 is 0. The molecular weight excluding hydrogens is 428 g/mol. The molecule has 0 aliphatic rings. The van der Waals surface area contributed by atoms with Crippen LogP contribution in [0, 0.1) is 6.92 Å². The number of azo groups is 1. The van der Waals surface area contributed by atoms with E-state index >= 15 is 0 Å². The number of phenols is 1. The van der Waals surface area contributed by atoms with Crippen molar-refractivity contribution in [2.24, 2.45) is 10.2 Å². The monoisotopic (exact) mass is 454 g/mol. The highest BCUT2D eigenvalue weighted by Gasteiger charge is 2.16. The normalized spacial score (nSPS) is 11.1. The number of aryl methyl sites for hydroxylation is 1. The van der Waals surface area contributed by atoms with Crippen LogP contribution in [0.4, 0.5) is 17.1 Å². The summed E-state index contributed by atoms with van der Waals surface area (Å²) in [6.07, 6.45) is 0. The minimum atomic E-state index is -0.258. The number of benzene rings is 4. The molecule has 0 saturated heterocycles. The van der Waals surface area contributed by atoms with Gasteiger partial charge in [0.2, 0.25) is 0 Å². The molecule has 4 rings (SSSR count). The number of nitrogens with one attached hydrogen (secondary N) is 2. The molecule has 0 radical (unpaired) electrons. The van der Waals surface area contributed by atoms with E-state index in [4.69, 9.17) is 4.74 Å². The van der Waals surface area contributed by atoms with Crippen molar-refractivity contribution in [1.82, 2.24) is 5.32 Å². The zero-order valence-corrected chi connectivity index (χ0v) is 19.3. The molecule has 0 aliphatic carbocycles. The van der Waals surface area contributed by atoms with Crippen LogP contribution in [-0.2, 0) is 6.54 Å². The number of carbonyl (C=O) groups excluding carboxylic acids is 1. The average molecular weight is 455 g/mol. The van der Waals surface area contributed by atoms with E-state index in [0.29, 0.717) is 34.6 Å². The molecule has 0 fully saturated rings. The summed E-state index contributed by atoms with van der Waals surface area (Å²) in [5.41, 5.74) is 3.73. The van der Waals surface area contributed by atoms with Crippen LogP contribution in [-0.4, -0.2) is 25.2 Å². The molecule has 172 valence electrons. The van der Waals surface area contributed by atoms with Crippen LogP contribution >= 0.6 is 0 Å². The van der Waals surface area contributed by atoms with Gasteiger partial charge in [-0.2, -0.15) is 5.11 Å². The summed E-state index contributed by atoms with van der Waals surface area (Å²) in [5.74, 6) is 0.468. The zero-order valence-electron chi connectivity index (χ0n) is 19.3. The molecule has 7 nitrogen and oxygen atoms in total. The SMILES string of the molecule is CNCc1cc(N=Nc2c(C)cc3cccc(NC(=O)c4ccccc4)c3c2O)ccc1OC. The fourth-order valence-corrected chi connectivity index (χ4v) is 3.84. The van der Waals surface area contributed by atoms with Gasteiger partial charge in [0.1, 0.15) is 11.4 Å². The first-order chi connectivity index (χ1) is 16.5. The van der Waals surface area contributed by atoms with Gasteiger partial charge in [-0.1, -0.05) is 30.3 Å². The molecule has 0 unspecified atom stereocenters. The van der Waals surface area contributed by atoms with Gasteiger partial charge in [0.15, 0.2) is 5.75 Å². The van der Waals surface area contributed by atoms with Crippen molar-refractivity contribution in [3.05, 3.63) is 89.5 Å². The Labute approximate surface area is 198 Å². The van der Waals surface area contributed by atoms with E-state index < -0.39 is 0 Å². The molecule has 1 amide bonds. The van der Waals surface area contributed by atoms with Crippen molar-refractivity contribution >= 4 is 33.7 Å². The lowest BCUT2D eigenvalue weighted by Crippen LogP contribution is -2.11. The van der Waals surface area contributed by atoms with Crippen molar-refractivity contribution in [3.8, 4) is 11.5 Å². The fraction of sp³-hybridized carbons (Fsp3) is 0.148. The van der Waals surface area contributed by atoms with Crippen LogP contribution in [0.3, 0.4) is 0 Å². The first-order valence-electron chi connectivity index (χ1n) is 10.9. The highest BCUT2D eigenvalue weighted by molar-refractivity contribution is 6.11. The molecule has 0 aliphatic heterocycles. The number of phenolic OH excluding ortho intramolecular Hbond substituents is 1. The molecule has 7 heteroatoms. The van der Waals surface area contributed by atoms with Gasteiger partial charge < -0.3 is 20.5 Å². The Hall–Kier alpha value is -4.23. The lowest BCUT2D eigenvalue weighted by Gasteiger charge is -2.13. The Bertz CT molecular complexity index is 1370. The predicted octanol–water partition coefficient (Wildman–Crippen LogP) is 6.25. The minimum Gasteiger partial charge on any atom is -0.505 e. The number of amides is 1. The number of methoxy groups -OCH3 is 1. The Morgan fingerprint density at radius 1 is 1.00 bits per heavy atom. The first-order valence-corrected chi connectivity index (χ1v) is 10.9. The zero-order chi connectivity index (χ0) is 24.1. The van der Waals surface area contributed by atoms with Crippen LogP contribution in [0.5, 0.6) is 11.5 Å². The molecule has 0 atom stereocenters. The highest BCUT2D eigenvalue weighted by Crippen LogP contribution is 2.42. The van der Waals surface area contributed by atoms with Gasteiger partial charge in [-0.25, -0.2) is 0 Å². The Balaban J connectivity index is 1.72. The predicted molar refractivity (Wildman–Crippen MR) is 135 cm³/mol. The lowest BCUT2D eigenvalue weighted by molar-refractivity contribution is 0.102. The maximum absolute atomic E-state index is 12.7. The second-order valence-corrected chi connectivity index (χ2v) is 7.84. The summed E-state index contributed by atoms with van der Waals surface area (Å²) in [6.45, 7) is 2.49. The number of hydrogen-bond acceptors (Lipinski definition) is 6. The molecule has 0 saturated carbocycles. The van der Waals surface area contributed by atoms with Gasteiger partial charge in [0.25, 0.3) is 5.91 Å². The summed E-state index contributed by atoms with van der Waals surface area (Å²) in [4.78, 5) is 12.7. The van der Waals surface area contributed by atoms with Crippen LogP contribution in [0.25, 0.3) is 10.8 Å². The van der Waals surface area contributed by atoms with Gasteiger partial charge in [0.05, 0.1) is 18.5 Å². The topological polar surface area (TPSA) is 95.3 Å². The molecule has 34 heavy (non-hydrogen) atoms. The van der Waals surface area contributed by atoms with E-state index in [1.54, 1.807) is 43.5 Å². The third kappa shape index (κ3) is 4.74. The Morgan fingerprint density at radius 2 is 1.79 bits per heavy atom. The van der Waals surface area contributed by atoms with Crippen molar-refractivity contribution in [2.75, 3.05) is 19.5 Å². The first kappa shape index (κ1) is 22.9. The van der Waals surface area contributed by atoms with E-state index in [1.807, 2.05) is 50.4 Å². The smallest absolute Gasteiger partial charge is 0.255 e. The number of carbonyl (C=O) groups is 1. The molecule has 0 spiro atoms. The number of anilines is 1. The van der Waals surface area contributed by atoms with Gasteiger partial charge >= 0.3 is 0 Å². The quantitative estimate of drug-likeness (QED) is 0.288. The third-order valence-electron chi connectivity index (χ3n) is 5.48. The van der Waals surface area contributed by atoms with Gasteiger partial charge in [0, 0.05) is 23.1 Å². The largest absolute Gasteiger partial charge is 0.505 e. The lowest BCUT2D eigenvalue weighted by atomic mass is 10.0. The van der Waals surface area contributed by atoms with E-state index in [0.717, 1.165) is 22.3 Å². The van der Waals surface area contributed by atoms with Gasteiger partial charge in [-0.3, -0.25) is 4.79 Å². The van der Waals surface area contributed by atoms with Crippen LogP contribution in [0.15, 0.2) is 83.0 Å². The van der Waals surface area contributed by atoms with E-state index in [2.05, 4.69) is 20.9 Å². The van der Waals surface area contributed by atoms with Crippen molar-refractivity contribution in [2.45, 2.75) is 13.5 Å².